The summed E-state index contributed by atoms with van der Waals surface area (Å²) >= 11 is 0. The molecule has 4 rings (SSSR count). The maximum atomic E-state index is 12.2. The minimum atomic E-state index is -0.00439. The number of hydrogen-bond acceptors (Lipinski definition) is 4. The zero-order valence-electron chi connectivity index (χ0n) is 15.4. The maximum absolute atomic E-state index is 12.2. The topological polar surface area (TPSA) is 58.4 Å². The van der Waals surface area contributed by atoms with Gasteiger partial charge in [-0.25, -0.2) is 4.98 Å². The number of rotatable bonds is 6. The Labute approximate surface area is 154 Å². The number of furan rings is 1. The molecular formula is C21H27N3O2. The molecule has 138 valence electrons. The highest BCUT2D eigenvalue weighted by Gasteiger charge is 2.36. The summed E-state index contributed by atoms with van der Waals surface area (Å²) in [5.41, 5.74) is 0.752. The van der Waals surface area contributed by atoms with E-state index in [0.29, 0.717) is 18.8 Å². The van der Waals surface area contributed by atoms with Crippen molar-refractivity contribution in [3.8, 4) is 0 Å². The largest absolute Gasteiger partial charge is 0.466 e. The van der Waals surface area contributed by atoms with E-state index in [1.165, 1.54) is 25.7 Å². The molecule has 0 bridgehead atoms. The van der Waals surface area contributed by atoms with Crippen LogP contribution in [0.3, 0.4) is 0 Å². The van der Waals surface area contributed by atoms with Gasteiger partial charge in [0.2, 0.25) is 5.91 Å². The van der Waals surface area contributed by atoms with Gasteiger partial charge in [0.25, 0.3) is 0 Å². The fourth-order valence-electron chi connectivity index (χ4n) is 3.68. The molecule has 5 heteroatoms. The first-order valence-corrected chi connectivity index (χ1v) is 9.78. The predicted octanol–water partition coefficient (Wildman–Crippen LogP) is 4.36. The number of nitrogens with one attached hydrogen (secondary N) is 1. The Hall–Kier alpha value is -2.30. The standard InChI is InChI=1S/C21H27N3O2/c1-15-13-18(15)19-8-6-17(26-19)7-10-21(25)23-16-5-9-20(22-14-16)24-11-3-2-4-12-24/h5-6,8-9,14-15,18H,2-4,7,10-13H2,1H3,(H,23,25). The smallest absolute Gasteiger partial charge is 0.224 e. The van der Waals surface area contributed by atoms with Gasteiger partial charge < -0.3 is 14.6 Å². The number of anilines is 2. The Bertz CT molecular complexity index is 747. The molecule has 2 fully saturated rings. The third-order valence-electron chi connectivity index (χ3n) is 5.47. The molecule has 2 aromatic rings. The summed E-state index contributed by atoms with van der Waals surface area (Å²) in [5.74, 6) is 4.29. The maximum Gasteiger partial charge on any atom is 0.224 e. The first-order chi connectivity index (χ1) is 12.7. The van der Waals surface area contributed by atoms with Crippen LogP contribution in [-0.2, 0) is 11.2 Å². The lowest BCUT2D eigenvalue weighted by atomic mass is 10.1. The van der Waals surface area contributed by atoms with Crippen LogP contribution in [0.15, 0.2) is 34.9 Å². The van der Waals surface area contributed by atoms with E-state index in [4.69, 9.17) is 4.42 Å². The van der Waals surface area contributed by atoms with E-state index in [1.807, 2.05) is 18.2 Å². The van der Waals surface area contributed by atoms with Gasteiger partial charge in [0, 0.05) is 31.8 Å². The molecule has 3 heterocycles. The molecule has 1 aliphatic heterocycles. The third kappa shape index (κ3) is 4.09. The second kappa shape index (κ2) is 7.52. The van der Waals surface area contributed by atoms with Crippen molar-refractivity contribution in [2.75, 3.05) is 23.3 Å². The van der Waals surface area contributed by atoms with Crippen LogP contribution in [0.5, 0.6) is 0 Å². The van der Waals surface area contributed by atoms with E-state index in [9.17, 15) is 4.79 Å². The van der Waals surface area contributed by atoms with E-state index >= 15 is 0 Å². The molecule has 26 heavy (non-hydrogen) atoms. The summed E-state index contributed by atoms with van der Waals surface area (Å²) in [7, 11) is 0. The van der Waals surface area contributed by atoms with Gasteiger partial charge in [-0.2, -0.15) is 0 Å². The van der Waals surface area contributed by atoms with Crippen LogP contribution >= 0.6 is 0 Å². The van der Waals surface area contributed by atoms with Crippen LogP contribution in [0.2, 0.25) is 0 Å². The summed E-state index contributed by atoms with van der Waals surface area (Å²) in [6, 6.07) is 8.00. The first kappa shape index (κ1) is 17.1. The number of aromatic nitrogens is 1. The first-order valence-electron chi connectivity index (χ1n) is 9.78. The third-order valence-corrected chi connectivity index (χ3v) is 5.47. The highest BCUT2D eigenvalue weighted by Crippen LogP contribution is 2.47. The lowest BCUT2D eigenvalue weighted by Gasteiger charge is -2.27. The summed E-state index contributed by atoms with van der Waals surface area (Å²) < 4.78 is 5.86. The lowest BCUT2D eigenvalue weighted by Crippen LogP contribution is -2.30. The van der Waals surface area contributed by atoms with E-state index in [1.54, 1.807) is 6.20 Å². The molecule has 0 spiro atoms. The van der Waals surface area contributed by atoms with Crippen molar-refractivity contribution in [3.63, 3.8) is 0 Å². The Kier molecular flexibility index (Phi) is 4.96. The minimum absolute atomic E-state index is 0.00439. The van der Waals surface area contributed by atoms with Gasteiger partial charge in [-0.15, -0.1) is 0 Å². The van der Waals surface area contributed by atoms with Crippen molar-refractivity contribution >= 4 is 17.4 Å². The quantitative estimate of drug-likeness (QED) is 0.838. The average molecular weight is 353 g/mol. The van der Waals surface area contributed by atoms with Crippen LogP contribution in [-0.4, -0.2) is 24.0 Å². The zero-order chi connectivity index (χ0) is 17.9. The molecule has 1 N–H and O–H groups in total. The molecule has 0 radical (unpaired) electrons. The Morgan fingerprint density at radius 1 is 1.23 bits per heavy atom. The molecule has 2 aliphatic rings. The molecule has 1 saturated heterocycles. The molecule has 2 unspecified atom stereocenters. The van der Waals surface area contributed by atoms with Gasteiger partial charge in [0.05, 0.1) is 11.9 Å². The second-order valence-electron chi connectivity index (χ2n) is 7.62. The van der Waals surface area contributed by atoms with Crippen LogP contribution in [0.1, 0.15) is 56.5 Å². The fourth-order valence-corrected chi connectivity index (χ4v) is 3.68. The summed E-state index contributed by atoms with van der Waals surface area (Å²) in [4.78, 5) is 19.0. The van der Waals surface area contributed by atoms with Crippen LogP contribution in [0.25, 0.3) is 0 Å². The number of hydrogen-bond donors (Lipinski definition) is 1. The number of carbonyl (C=O) groups excluding carboxylic acids is 1. The Morgan fingerprint density at radius 3 is 2.73 bits per heavy atom. The van der Waals surface area contributed by atoms with Gasteiger partial charge in [0.15, 0.2) is 0 Å². The highest BCUT2D eigenvalue weighted by molar-refractivity contribution is 5.90. The molecule has 2 aromatic heterocycles. The molecule has 2 atom stereocenters. The Balaban J connectivity index is 1.25. The molecule has 0 aromatic carbocycles. The van der Waals surface area contributed by atoms with Gasteiger partial charge in [-0.1, -0.05) is 6.92 Å². The molecule has 1 saturated carbocycles. The number of carbonyl (C=O) groups is 1. The van der Waals surface area contributed by atoms with Crippen molar-refractivity contribution in [2.45, 2.75) is 51.4 Å². The van der Waals surface area contributed by atoms with Crippen molar-refractivity contribution in [3.05, 3.63) is 42.0 Å². The molecule has 1 aliphatic carbocycles. The lowest BCUT2D eigenvalue weighted by molar-refractivity contribution is -0.116. The van der Waals surface area contributed by atoms with E-state index in [2.05, 4.69) is 28.2 Å². The molecule has 5 nitrogen and oxygen atoms in total. The van der Waals surface area contributed by atoms with Gasteiger partial charge in [0.1, 0.15) is 17.3 Å². The normalized spacial score (nSPS) is 22.3. The highest BCUT2D eigenvalue weighted by atomic mass is 16.3. The van der Waals surface area contributed by atoms with Crippen LogP contribution in [0, 0.1) is 5.92 Å². The second-order valence-corrected chi connectivity index (χ2v) is 7.62. The number of amides is 1. The van der Waals surface area contributed by atoms with Crippen LogP contribution < -0.4 is 10.2 Å². The molecular weight excluding hydrogens is 326 g/mol. The van der Waals surface area contributed by atoms with Crippen molar-refractivity contribution < 1.29 is 9.21 Å². The SMILES string of the molecule is CC1CC1c1ccc(CCC(=O)Nc2ccc(N3CCCCC3)nc2)o1. The average Bonchev–Trinajstić information content (AvgIpc) is 3.21. The van der Waals surface area contributed by atoms with Gasteiger partial charge in [-0.05, 0) is 55.9 Å². The monoisotopic (exact) mass is 353 g/mol. The number of nitrogens with zero attached hydrogens (tertiary/aromatic N) is 2. The van der Waals surface area contributed by atoms with Crippen molar-refractivity contribution in [2.24, 2.45) is 5.92 Å². The summed E-state index contributed by atoms with van der Waals surface area (Å²) in [6.45, 7) is 4.39. The summed E-state index contributed by atoms with van der Waals surface area (Å²) in [5, 5.41) is 2.93. The summed E-state index contributed by atoms with van der Waals surface area (Å²) in [6.07, 6.45) is 7.78. The van der Waals surface area contributed by atoms with E-state index in [-0.39, 0.29) is 5.91 Å². The Morgan fingerprint density at radius 2 is 2.04 bits per heavy atom. The number of piperidine rings is 1. The van der Waals surface area contributed by atoms with Crippen molar-refractivity contribution in [1.29, 1.82) is 0 Å². The van der Waals surface area contributed by atoms with Crippen molar-refractivity contribution in [1.82, 2.24) is 4.98 Å². The van der Waals surface area contributed by atoms with Crippen LogP contribution in [0.4, 0.5) is 11.5 Å². The number of pyridine rings is 1. The van der Waals surface area contributed by atoms with Gasteiger partial charge >= 0.3 is 0 Å². The fraction of sp³-hybridized carbons (Fsp3) is 0.524. The number of aryl methyl sites for hydroxylation is 1. The van der Waals surface area contributed by atoms with E-state index < -0.39 is 0 Å². The predicted molar refractivity (Wildman–Crippen MR) is 102 cm³/mol. The molecule has 1 amide bonds. The van der Waals surface area contributed by atoms with Gasteiger partial charge in [-0.3, -0.25) is 4.79 Å². The van der Waals surface area contributed by atoms with E-state index in [0.717, 1.165) is 42.0 Å². The minimum Gasteiger partial charge on any atom is -0.466 e. The zero-order valence-corrected chi connectivity index (χ0v) is 15.4.